The zero-order valence-corrected chi connectivity index (χ0v) is 29.5. The minimum atomic E-state index is 0.623. The molecule has 0 aliphatic carbocycles. The van der Waals surface area contributed by atoms with Crippen LogP contribution in [0.4, 0.5) is 0 Å². The summed E-state index contributed by atoms with van der Waals surface area (Å²) < 4.78 is 0. The van der Waals surface area contributed by atoms with Crippen LogP contribution in [0.2, 0.25) is 0 Å². The largest absolute Gasteiger partial charge is 0.208 e. The molecule has 54 heavy (non-hydrogen) atoms. The summed E-state index contributed by atoms with van der Waals surface area (Å²) in [7, 11) is 0. The minimum absolute atomic E-state index is 0.623. The van der Waals surface area contributed by atoms with E-state index in [1.807, 2.05) is 60.7 Å². The lowest BCUT2D eigenvalue weighted by Crippen LogP contribution is -2.00. The summed E-state index contributed by atoms with van der Waals surface area (Å²) >= 11 is 0. The molecular formula is C51H35N3. The van der Waals surface area contributed by atoms with Gasteiger partial charge in [-0.2, -0.15) is 0 Å². The Morgan fingerprint density at radius 2 is 0.500 bits per heavy atom. The van der Waals surface area contributed by atoms with Gasteiger partial charge >= 0.3 is 0 Å². The lowest BCUT2D eigenvalue weighted by Gasteiger charge is -2.24. The Hall–Kier alpha value is -7.23. The van der Waals surface area contributed by atoms with E-state index in [1.165, 1.54) is 27.8 Å². The van der Waals surface area contributed by atoms with E-state index in [2.05, 4.69) is 152 Å². The number of rotatable bonds is 8. The minimum Gasteiger partial charge on any atom is -0.208 e. The first-order valence-electron chi connectivity index (χ1n) is 18.2. The average Bonchev–Trinajstić information content (AvgIpc) is 3.27. The van der Waals surface area contributed by atoms with E-state index in [0.717, 1.165) is 44.5 Å². The van der Waals surface area contributed by atoms with Gasteiger partial charge in [0.25, 0.3) is 0 Å². The number of hydrogen-bond acceptors (Lipinski definition) is 3. The Morgan fingerprint density at radius 1 is 0.204 bits per heavy atom. The zero-order chi connectivity index (χ0) is 36.1. The fourth-order valence-electron chi connectivity index (χ4n) is 7.22. The van der Waals surface area contributed by atoms with Gasteiger partial charge in [-0.15, -0.1) is 0 Å². The highest BCUT2D eigenvalue weighted by molar-refractivity contribution is 6.07. The predicted octanol–water partition coefficient (Wildman–Crippen LogP) is 13.2. The Morgan fingerprint density at radius 3 is 0.926 bits per heavy atom. The van der Waals surface area contributed by atoms with Crippen molar-refractivity contribution in [1.82, 2.24) is 15.0 Å². The van der Waals surface area contributed by atoms with Crippen LogP contribution >= 0.6 is 0 Å². The molecular weight excluding hydrogens is 655 g/mol. The molecule has 254 valence electrons. The summed E-state index contributed by atoms with van der Waals surface area (Å²) in [5.41, 5.74) is 14.3. The molecule has 0 amide bonds. The van der Waals surface area contributed by atoms with Crippen molar-refractivity contribution < 1.29 is 0 Å². The summed E-state index contributed by atoms with van der Waals surface area (Å²) in [6.45, 7) is 0. The van der Waals surface area contributed by atoms with E-state index in [4.69, 9.17) is 15.0 Å². The number of benzene rings is 8. The van der Waals surface area contributed by atoms with Crippen molar-refractivity contribution in [2.24, 2.45) is 0 Å². The average molecular weight is 690 g/mol. The van der Waals surface area contributed by atoms with Gasteiger partial charge in [0.1, 0.15) is 0 Å². The molecule has 0 saturated carbocycles. The molecule has 0 unspecified atom stereocenters. The standard InChI is InChI=1S/C51H35N3/c1-7-20-36(21-8-1)44-35-45(47(38-24-11-3-12-25-38)48(39-26-13-4-14-27-39)46(44)37-22-9-2-10-23-37)42-32-19-33-43(34-42)51-53-49(40-28-15-5-16-29-40)52-50(54-51)41-30-17-6-18-31-41/h1-35H. The fraction of sp³-hybridized carbons (Fsp3) is 0. The van der Waals surface area contributed by atoms with E-state index in [9.17, 15) is 0 Å². The second-order valence-electron chi connectivity index (χ2n) is 13.2. The predicted molar refractivity (Wildman–Crippen MR) is 223 cm³/mol. The molecule has 9 rings (SSSR count). The van der Waals surface area contributed by atoms with E-state index >= 15 is 0 Å². The fourth-order valence-corrected chi connectivity index (χ4v) is 7.22. The summed E-state index contributed by atoms with van der Waals surface area (Å²) in [5.74, 6) is 1.90. The van der Waals surface area contributed by atoms with Crippen molar-refractivity contribution in [2.45, 2.75) is 0 Å². The third-order valence-corrected chi connectivity index (χ3v) is 9.73. The maximum Gasteiger partial charge on any atom is 0.164 e. The summed E-state index contributed by atoms with van der Waals surface area (Å²) in [4.78, 5) is 15.1. The smallest absolute Gasteiger partial charge is 0.164 e. The Labute approximate surface area is 316 Å². The van der Waals surface area contributed by atoms with Crippen LogP contribution in [0.1, 0.15) is 0 Å². The van der Waals surface area contributed by atoms with Gasteiger partial charge in [0.05, 0.1) is 0 Å². The van der Waals surface area contributed by atoms with Crippen molar-refractivity contribution in [3.05, 3.63) is 212 Å². The second-order valence-corrected chi connectivity index (χ2v) is 13.2. The summed E-state index contributed by atoms with van der Waals surface area (Å²) in [6.07, 6.45) is 0. The first-order chi connectivity index (χ1) is 26.8. The first kappa shape index (κ1) is 32.7. The third kappa shape index (κ3) is 6.51. The first-order valence-corrected chi connectivity index (χ1v) is 18.2. The zero-order valence-electron chi connectivity index (χ0n) is 29.5. The molecule has 0 atom stereocenters. The van der Waals surface area contributed by atoms with Crippen molar-refractivity contribution in [3.63, 3.8) is 0 Å². The van der Waals surface area contributed by atoms with Crippen molar-refractivity contribution >= 4 is 0 Å². The van der Waals surface area contributed by atoms with Gasteiger partial charge in [-0.1, -0.05) is 200 Å². The molecule has 1 heterocycles. The van der Waals surface area contributed by atoms with Gasteiger partial charge in [-0.05, 0) is 67.8 Å². The molecule has 0 spiro atoms. The van der Waals surface area contributed by atoms with Crippen LogP contribution < -0.4 is 0 Å². The van der Waals surface area contributed by atoms with Crippen molar-refractivity contribution in [3.8, 4) is 89.8 Å². The molecule has 0 bridgehead atoms. The molecule has 0 aliphatic heterocycles. The van der Waals surface area contributed by atoms with Gasteiger partial charge in [0.15, 0.2) is 17.5 Å². The highest BCUT2D eigenvalue weighted by Crippen LogP contribution is 2.50. The normalized spacial score (nSPS) is 11.0. The van der Waals surface area contributed by atoms with E-state index < -0.39 is 0 Å². The highest BCUT2D eigenvalue weighted by atomic mass is 15.0. The van der Waals surface area contributed by atoms with E-state index in [-0.39, 0.29) is 0 Å². The van der Waals surface area contributed by atoms with Crippen LogP contribution in [-0.2, 0) is 0 Å². The maximum atomic E-state index is 5.08. The molecule has 0 radical (unpaired) electrons. The Bertz CT molecular complexity index is 2600. The molecule has 0 N–H and O–H groups in total. The van der Waals surface area contributed by atoms with Crippen LogP contribution in [-0.4, -0.2) is 15.0 Å². The van der Waals surface area contributed by atoms with Crippen molar-refractivity contribution in [2.75, 3.05) is 0 Å². The lowest BCUT2D eigenvalue weighted by atomic mass is 9.79. The molecule has 3 heteroatoms. The third-order valence-electron chi connectivity index (χ3n) is 9.73. The molecule has 0 aliphatic rings. The Kier molecular flexibility index (Phi) is 8.94. The van der Waals surface area contributed by atoms with Crippen LogP contribution in [0.5, 0.6) is 0 Å². The lowest BCUT2D eigenvalue weighted by molar-refractivity contribution is 1.07. The topological polar surface area (TPSA) is 38.7 Å². The van der Waals surface area contributed by atoms with Gasteiger partial charge in [0.2, 0.25) is 0 Å². The molecule has 0 saturated heterocycles. The Balaban J connectivity index is 1.34. The van der Waals surface area contributed by atoms with Gasteiger partial charge < -0.3 is 0 Å². The summed E-state index contributed by atoms with van der Waals surface area (Å²) in [6, 6.07) is 74.3. The summed E-state index contributed by atoms with van der Waals surface area (Å²) in [5, 5.41) is 0. The van der Waals surface area contributed by atoms with Crippen LogP contribution in [0.25, 0.3) is 89.8 Å². The van der Waals surface area contributed by atoms with Crippen molar-refractivity contribution in [1.29, 1.82) is 0 Å². The number of hydrogen-bond donors (Lipinski definition) is 0. The van der Waals surface area contributed by atoms with E-state index in [1.54, 1.807) is 0 Å². The molecule has 0 fully saturated rings. The van der Waals surface area contributed by atoms with Crippen LogP contribution in [0, 0.1) is 0 Å². The van der Waals surface area contributed by atoms with Gasteiger partial charge in [-0.3, -0.25) is 0 Å². The number of nitrogens with zero attached hydrogens (tertiary/aromatic N) is 3. The second kappa shape index (κ2) is 14.8. The van der Waals surface area contributed by atoms with Gasteiger partial charge in [0, 0.05) is 16.7 Å². The van der Waals surface area contributed by atoms with E-state index in [0.29, 0.717) is 17.5 Å². The number of aromatic nitrogens is 3. The maximum absolute atomic E-state index is 5.08. The van der Waals surface area contributed by atoms with Crippen LogP contribution in [0.15, 0.2) is 212 Å². The SMILES string of the molecule is c1ccc(-c2nc(-c3ccccc3)nc(-c3cccc(-c4cc(-c5ccccc5)c(-c5ccccc5)c(-c5ccccc5)c4-c4ccccc4)c3)n2)cc1. The monoisotopic (exact) mass is 689 g/mol. The molecule has 1 aromatic heterocycles. The quantitative estimate of drug-likeness (QED) is 0.159. The molecule has 8 aromatic carbocycles. The molecule has 9 aromatic rings. The highest BCUT2D eigenvalue weighted by Gasteiger charge is 2.24. The van der Waals surface area contributed by atoms with Gasteiger partial charge in [-0.25, -0.2) is 15.0 Å². The molecule has 3 nitrogen and oxygen atoms in total. The van der Waals surface area contributed by atoms with Crippen LogP contribution in [0.3, 0.4) is 0 Å².